The van der Waals surface area contributed by atoms with Crippen LogP contribution in [0.1, 0.15) is 84.0 Å². The van der Waals surface area contributed by atoms with Crippen molar-refractivity contribution in [3.05, 3.63) is 54.6 Å². The van der Waals surface area contributed by atoms with Gasteiger partial charge in [-0.2, -0.15) is 0 Å². The van der Waals surface area contributed by atoms with Crippen molar-refractivity contribution >= 4 is 11.4 Å². The standard InChI is InChI=1S/C26H39NO/c1-2-3-4-5-6-7-8-9-10-11-12-18-23-28-26-22-17-16-21-25(26)27-24-19-14-13-15-20-24/h13-17,19-22,27H,2-12,18,23H2,1H3. The molecule has 1 N–H and O–H groups in total. The fraction of sp³-hybridized carbons (Fsp3) is 0.538. The number of hydrogen-bond acceptors (Lipinski definition) is 2. The van der Waals surface area contributed by atoms with Crippen molar-refractivity contribution in [1.82, 2.24) is 0 Å². The molecule has 0 aliphatic carbocycles. The van der Waals surface area contributed by atoms with Crippen molar-refractivity contribution in [2.24, 2.45) is 0 Å². The quantitative estimate of drug-likeness (QED) is 0.294. The third-order valence-electron chi connectivity index (χ3n) is 5.20. The SMILES string of the molecule is CCCCCCCCCCCCCCOc1ccccc1Nc1ccccc1. The first-order valence-electron chi connectivity index (χ1n) is 11.4. The number of para-hydroxylation sites is 3. The largest absolute Gasteiger partial charge is 0.491 e. The smallest absolute Gasteiger partial charge is 0.142 e. The lowest BCUT2D eigenvalue weighted by Crippen LogP contribution is -2.00. The van der Waals surface area contributed by atoms with E-state index in [9.17, 15) is 0 Å². The first kappa shape index (κ1) is 22.3. The van der Waals surface area contributed by atoms with Crippen LogP contribution in [0.25, 0.3) is 0 Å². The first-order valence-corrected chi connectivity index (χ1v) is 11.4. The zero-order chi connectivity index (χ0) is 19.7. The Labute approximate surface area is 172 Å². The van der Waals surface area contributed by atoms with Crippen molar-refractivity contribution in [2.45, 2.75) is 84.0 Å². The minimum Gasteiger partial charge on any atom is -0.491 e. The van der Waals surface area contributed by atoms with Crippen LogP contribution in [0.4, 0.5) is 11.4 Å². The van der Waals surface area contributed by atoms with Gasteiger partial charge in [-0.05, 0) is 30.7 Å². The molecule has 0 bridgehead atoms. The maximum absolute atomic E-state index is 6.04. The van der Waals surface area contributed by atoms with Crippen LogP contribution in [0.2, 0.25) is 0 Å². The lowest BCUT2D eigenvalue weighted by Gasteiger charge is -2.13. The molecule has 0 amide bonds. The van der Waals surface area contributed by atoms with Crippen LogP contribution in [0.5, 0.6) is 5.75 Å². The predicted octanol–water partition coefficient (Wildman–Crippen LogP) is 8.51. The Bertz CT molecular complexity index is 611. The zero-order valence-corrected chi connectivity index (χ0v) is 17.8. The van der Waals surface area contributed by atoms with Crippen LogP contribution in [0.15, 0.2) is 54.6 Å². The number of unbranched alkanes of at least 4 members (excludes halogenated alkanes) is 11. The van der Waals surface area contributed by atoms with E-state index in [4.69, 9.17) is 4.74 Å². The summed E-state index contributed by atoms with van der Waals surface area (Å²) in [6.07, 6.45) is 16.4. The summed E-state index contributed by atoms with van der Waals surface area (Å²) in [4.78, 5) is 0. The average molecular weight is 382 g/mol. The Kier molecular flexibility index (Phi) is 12.0. The number of rotatable bonds is 16. The Morgan fingerprint density at radius 1 is 0.607 bits per heavy atom. The second-order valence-corrected chi connectivity index (χ2v) is 7.72. The Balaban J connectivity index is 1.51. The van der Waals surface area contributed by atoms with Gasteiger partial charge >= 0.3 is 0 Å². The van der Waals surface area contributed by atoms with Crippen LogP contribution in [-0.4, -0.2) is 6.61 Å². The molecule has 2 aromatic carbocycles. The van der Waals surface area contributed by atoms with Gasteiger partial charge in [-0.3, -0.25) is 0 Å². The van der Waals surface area contributed by atoms with Gasteiger partial charge in [0.1, 0.15) is 5.75 Å². The van der Waals surface area contributed by atoms with Gasteiger partial charge in [0.25, 0.3) is 0 Å². The summed E-state index contributed by atoms with van der Waals surface area (Å²) in [5.74, 6) is 0.939. The number of anilines is 2. The van der Waals surface area contributed by atoms with E-state index >= 15 is 0 Å². The predicted molar refractivity (Wildman–Crippen MR) is 123 cm³/mol. The molecule has 0 saturated carbocycles. The molecule has 0 fully saturated rings. The van der Waals surface area contributed by atoms with Crippen molar-refractivity contribution in [2.75, 3.05) is 11.9 Å². The lowest BCUT2D eigenvalue weighted by atomic mass is 10.1. The molecule has 0 radical (unpaired) electrons. The van der Waals surface area contributed by atoms with E-state index in [2.05, 4.69) is 30.4 Å². The van der Waals surface area contributed by atoms with Crippen molar-refractivity contribution in [3.63, 3.8) is 0 Å². The highest BCUT2D eigenvalue weighted by Gasteiger charge is 2.03. The normalized spacial score (nSPS) is 10.8. The first-order chi connectivity index (χ1) is 13.9. The number of benzene rings is 2. The van der Waals surface area contributed by atoms with E-state index in [1.165, 1.54) is 70.6 Å². The maximum atomic E-state index is 6.04. The molecule has 0 heterocycles. The molecule has 2 heteroatoms. The molecule has 0 atom stereocenters. The second kappa shape index (κ2) is 15.0. The van der Waals surface area contributed by atoms with E-state index in [0.29, 0.717) is 0 Å². The topological polar surface area (TPSA) is 21.3 Å². The summed E-state index contributed by atoms with van der Waals surface area (Å²) in [7, 11) is 0. The fourth-order valence-corrected chi connectivity index (χ4v) is 3.50. The fourth-order valence-electron chi connectivity index (χ4n) is 3.50. The lowest BCUT2D eigenvalue weighted by molar-refractivity contribution is 0.305. The third kappa shape index (κ3) is 9.82. The Morgan fingerprint density at radius 3 is 1.79 bits per heavy atom. The van der Waals surface area contributed by atoms with Crippen LogP contribution < -0.4 is 10.1 Å². The minimum absolute atomic E-state index is 0.797. The van der Waals surface area contributed by atoms with E-state index in [-0.39, 0.29) is 0 Å². The summed E-state index contributed by atoms with van der Waals surface area (Å²) in [6, 6.07) is 18.5. The van der Waals surface area contributed by atoms with E-state index in [1.54, 1.807) is 0 Å². The van der Waals surface area contributed by atoms with Crippen LogP contribution in [0.3, 0.4) is 0 Å². The second-order valence-electron chi connectivity index (χ2n) is 7.72. The summed E-state index contributed by atoms with van der Waals surface area (Å²) in [5, 5.41) is 3.44. The molecule has 0 spiro atoms. The van der Waals surface area contributed by atoms with Gasteiger partial charge in [0.05, 0.1) is 12.3 Å². The molecule has 28 heavy (non-hydrogen) atoms. The van der Waals surface area contributed by atoms with Gasteiger partial charge in [-0.1, -0.05) is 108 Å². The summed E-state index contributed by atoms with van der Waals surface area (Å²) in [5.41, 5.74) is 2.12. The molecular weight excluding hydrogens is 342 g/mol. The minimum atomic E-state index is 0.797. The molecular formula is C26H39NO. The highest BCUT2D eigenvalue weighted by atomic mass is 16.5. The van der Waals surface area contributed by atoms with E-state index < -0.39 is 0 Å². The van der Waals surface area contributed by atoms with E-state index in [1.807, 2.05) is 36.4 Å². The van der Waals surface area contributed by atoms with Gasteiger partial charge < -0.3 is 10.1 Å². The van der Waals surface area contributed by atoms with Gasteiger partial charge in [-0.15, -0.1) is 0 Å². The molecule has 0 unspecified atom stereocenters. The number of nitrogens with one attached hydrogen (secondary N) is 1. The molecule has 0 aliphatic heterocycles. The zero-order valence-electron chi connectivity index (χ0n) is 17.8. The van der Waals surface area contributed by atoms with Crippen LogP contribution >= 0.6 is 0 Å². The van der Waals surface area contributed by atoms with Gasteiger partial charge in [0, 0.05) is 5.69 Å². The number of ether oxygens (including phenoxy) is 1. The van der Waals surface area contributed by atoms with Crippen LogP contribution in [-0.2, 0) is 0 Å². The van der Waals surface area contributed by atoms with Crippen LogP contribution in [0, 0.1) is 0 Å². The maximum Gasteiger partial charge on any atom is 0.142 e. The average Bonchev–Trinajstić information content (AvgIpc) is 2.73. The monoisotopic (exact) mass is 381 g/mol. The van der Waals surface area contributed by atoms with Crippen molar-refractivity contribution in [3.8, 4) is 5.75 Å². The molecule has 154 valence electrons. The van der Waals surface area contributed by atoms with Crippen molar-refractivity contribution in [1.29, 1.82) is 0 Å². The van der Waals surface area contributed by atoms with E-state index in [0.717, 1.165) is 30.2 Å². The third-order valence-corrected chi connectivity index (χ3v) is 5.20. The summed E-state index contributed by atoms with van der Waals surface area (Å²) in [6.45, 7) is 3.08. The molecule has 0 aliphatic rings. The highest BCUT2D eigenvalue weighted by Crippen LogP contribution is 2.27. The molecule has 2 rings (SSSR count). The van der Waals surface area contributed by atoms with Gasteiger partial charge in [0.15, 0.2) is 0 Å². The van der Waals surface area contributed by atoms with Gasteiger partial charge in [0.2, 0.25) is 0 Å². The van der Waals surface area contributed by atoms with Gasteiger partial charge in [-0.25, -0.2) is 0 Å². The molecule has 2 nitrogen and oxygen atoms in total. The Morgan fingerprint density at radius 2 is 1.14 bits per heavy atom. The molecule has 0 aromatic heterocycles. The molecule has 2 aromatic rings. The number of hydrogen-bond donors (Lipinski definition) is 1. The van der Waals surface area contributed by atoms with Crippen molar-refractivity contribution < 1.29 is 4.74 Å². The summed E-state index contributed by atoms with van der Waals surface area (Å²) < 4.78 is 6.04. The molecule has 0 saturated heterocycles. The summed E-state index contributed by atoms with van der Waals surface area (Å²) >= 11 is 0. The Hall–Kier alpha value is -1.96. The highest BCUT2D eigenvalue weighted by molar-refractivity contribution is 5.65.